The Morgan fingerprint density at radius 2 is 1.83 bits per heavy atom. The summed E-state index contributed by atoms with van der Waals surface area (Å²) in [6.07, 6.45) is 1.07. The second-order valence-electron chi connectivity index (χ2n) is 1.19. The van der Waals surface area contributed by atoms with Crippen molar-refractivity contribution in [1.82, 2.24) is 0 Å². The van der Waals surface area contributed by atoms with E-state index in [0.717, 1.165) is 6.42 Å². The third-order valence-electron chi connectivity index (χ3n) is 0.563. The fourth-order valence-corrected chi connectivity index (χ4v) is 0. The van der Waals surface area contributed by atoms with Gasteiger partial charge in [0.05, 0.1) is 0 Å². The molecule has 0 aromatic rings. The zero-order valence-corrected chi connectivity index (χ0v) is 4.42. The van der Waals surface area contributed by atoms with Gasteiger partial charge >= 0.3 is 0 Å². The van der Waals surface area contributed by atoms with E-state index in [-0.39, 0.29) is 17.4 Å². The van der Waals surface area contributed by atoms with Crippen molar-refractivity contribution < 1.29 is 0 Å². The van der Waals surface area contributed by atoms with E-state index in [2.05, 4.69) is 6.92 Å². The van der Waals surface area contributed by atoms with Gasteiger partial charge in [0.25, 0.3) is 0 Å². The Morgan fingerprint density at radius 3 is 1.83 bits per heavy atom. The molecule has 1 unspecified atom stereocenters. The van der Waals surface area contributed by atoms with E-state index in [1.165, 1.54) is 0 Å². The topological polar surface area (TPSA) is 0 Å². The van der Waals surface area contributed by atoms with Gasteiger partial charge in [0.2, 0.25) is 0 Å². The van der Waals surface area contributed by atoms with Gasteiger partial charge < -0.3 is 0 Å². The molecule has 0 aromatic heterocycles. The molecule has 1 atom stereocenters. The summed E-state index contributed by atoms with van der Waals surface area (Å²) in [7, 11) is 0. The minimum Gasteiger partial charge on any atom is -0.123 e. The Morgan fingerprint density at radius 1 is 1.67 bits per heavy atom. The number of hydrogen-bond acceptors (Lipinski definition) is 0. The average molecular weight is 123 g/mol. The van der Waals surface area contributed by atoms with E-state index in [9.17, 15) is 0 Å². The molecule has 0 radical (unpaired) electrons. The van der Waals surface area contributed by atoms with Gasteiger partial charge in [-0.2, -0.15) is 0 Å². The largest absolute Gasteiger partial charge is 0.187 e. The molecule has 0 fully saturated rings. The molecule has 0 nitrogen and oxygen atoms in total. The molecule has 0 spiro atoms. The molecule has 0 N–H and O–H groups in total. The van der Waals surface area contributed by atoms with E-state index in [1.54, 1.807) is 0 Å². The van der Waals surface area contributed by atoms with Crippen LogP contribution in [0.5, 0.6) is 0 Å². The summed E-state index contributed by atoms with van der Waals surface area (Å²) < 4.78 is 0. The Labute approximate surface area is 55.0 Å². The highest BCUT2D eigenvalue weighted by Gasteiger charge is 1.83. The molecule has 0 aliphatic carbocycles. The Balaban J connectivity index is 0. The average Bonchev–Trinajstić information content (AvgIpc) is 1.38. The summed E-state index contributed by atoms with van der Waals surface area (Å²) >= 11 is 5.46. The van der Waals surface area contributed by atoms with E-state index in [4.69, 9.17) is 11.6 Å². The lowest BCUT2D eigenvalue weighted by atomic mass is 10.4. The number of halogens is 1. The molecule has 6 heavy (non-hydrogen) atoms. The van der Waals surface area contributed by atoms with Gasteiger partial charge in [-0.1, -0.05) is 6.92 Å². The first kappa shape index (κ1) is 9.95. The van der Waals surface area contributed by atoms with Crippen LogP contribution in [0.15, 0.2) is 0 Å². The van der Waals surface area contributed by atoms with E-state index in [1.807, 2.05) is 6.92 Å². The SMILES string of the molecule is CCC(C)Cl.[AlH3]. The van der Waals surface area contributed by atoms with E-state index >= 15 is 0 Å². The molecule has 0 bridgehead atoms. The second kappa shape index (κ2) is 5.82. The van der Waals surface area contributed by atoms with Crippen molar-refractivity contribution in [3.63, 3.8) is 0 Å². The van der Waals surface area contributed by atoms with Crippen LogP contribution in [-0.2, 0) is 0 Å². The number of alkyl halides is 1. The highest BCUT2D eigenvalue weighted by atomic mass is 35.5. The van der Waals surface area contributed by atoms with Gasteiger partial charge in [-0.25, -0.2) is 0 Å². The first-order valence-corrected chi connectivity index (χ1v) is 2.35. The Hall–Kier alpha value is 0.822. The van der Waals surface area contributed by atoms with E-state index in [0.29, 0.717) is 5.38 Å². The predicted octanol–water partition coefficient (Wildman–Crippen LogP) is 0.840. The fourth-order valence-electron chi connectivity index (χ4n) is 0. The summed E-state index contributed by atoms with van der Waals surface area (Å²) in [4.78, 5) is 0. The summed E-state index contributed by atoms with van der Waals surface area (Å²) in [6, 6.07) is 0. The molecule has 0 aliphatic heterocycles. The van der Waals surface area contributed by atoms with Crippen molar-refractivity contribution in [1.29, 1.82) is 0 Å². The minimum atomic E-state index is 0. The van der Waals surface area contributed by atoms with Crippen LogP contribution in [0, 0.1) is 0 Å². The Bertz CT molecular complexity index is 21.5. The lowest BCUT2D eigenvalue weighted by Crippen LogP contribution is -1.81. The zero-order valence-electron chi connectivity index (χ0n) is 3.66. The molecular formula is C4H12AlCl. The van der Waals surface area contributed by atoms with Gasteiger partial charge in [-0.15, -0.1) is 11.6 Å². The molecule has 0 aliphatic rings. The summed E-state index contributed by atoms with van der Waals surface area (Å²) in [5.41, 5.74) is 0. The summed E-state index contributed by atoms with van der Waals surface area (Å²) in [5.74, 6) is 0. The fraction of sp³-hybridized carbons (Fsp3) is 1.00. The third-order valence-corrected chi connectivity index (χ3v) is 0.871. The molecule has 0 saturated carbocycles. The second-order valence-corrected chi connectivity index (χ2v) is 1.93. The molecule has 0 saturated heterocycles. The monoisotopic (exact) mass is 122 g/mol. The van der Waals surface area contributed by atoms with Crippen LogP contribution in [0.1, 0.15) is 20.3 Å². The Kier molecular flexibility index (Phi) is 9.65. The lowest BCUT2D eigenvalue weighted by molar-refractivity contribution is 0.895. The van der Waals surface area contributed by atoms with Gasteiger partial charge in [-0.05, 0) is 13.3 Å². The molecular weight excluding hydrogens is 110 g/mol. The zero-order chi connectivity index (χ0) is 4.28. The van der Waals surface area contributed by atoms with Crippen LogP contribution < -0.4 is 0 Å². The van der Waals surface area contributed by atoms with Crippen molar-refractivity contribution in [2.45, 2.75) is 25.6 Å². The molecule has 38 valence electrons. The highest BCUT2D eigenvalue weighted by Crippen LogP contribution is 1.95. The van der Waals surface area contributed by atoms with Crippen LogP contribution in [0.4, 0.5) is 0 Å². The van der Waals surface area contributed by atoms with Crippen LogP contribution in [-0.4, -0.2) is 22.7 Å². The third kappa shape index (κ3) is 8.85. The van der Waals surface area contributed by atoms with Gasteiger partial charge in [-0.3, -0.25) is 0 Å². The van der Waals surface area contributed by atoms with Crippen LogP contribution >= 0.6 is 11.6 Å². The molecule has 0 rings (SSSR count). The molecule has 0 heterocycles. The quantitative estimate of drug-likeness (QED) is 0.357. The van der Waals surface area contributed by atoms with Gasteiger partial charge in [0.15, 0.2) is 17.4 Å². The lowest BCUT2D eigenvalue weighted by Gasteiger charge is -1.87. The predicted molar refractivity (Wildman–Crippen MR) is 35.5 cm³/mol. The van der Waals surface area contributed by atoms with Crippen molar-refractivity contribution in [3.05, 3.63) is 0 Å². The first-order chi connectivity index (χ1) is 2.27. The molecule has 2 heteroatoms. The van der Waals surface area contributed by atoms with Crippen molar-refractivity contribution in [3.8, 4) is 0 Å². The van der Waals surface area contributed by atoms with E-state index < -0.39 is 0 Å². The first-order valence-electron chi connectivity index (χ1n) is 1.91. The normalized spacial score (nSPS) is 12.5. The molecule has 0 amide bonds. The van der Waals surface area contributed by atoms with Crippen LogP contribution in [0.25, 0.3) is 0 Å². The van der Waals surface area contributed by atoms with Crippen molar-refractivity contribution in [2.75, 3.05) is 0 Å². The summed E-state index contributed by atoms with van der Waals surface area (Å²) in [5, 5.41) is 0.356. The van der Waals surface area contributed by atoms with Gasteiger partial charge in [0.1, 0.15) is 0 Å². The summed E-state index contributed by atoms with van der Waals surface area (Å²) in [6.45, 7) is 4.05. The van der Waals surface area contributed by atoms with Crippen LogP contribution in [0.3, 0.4) is 0 Å². The van der Waals surface area contributed by atoms with Crippen molar-refractivity contribution >= 4 is 29.0 Å². The maximum Gasteiger partial charge on any atom is 0.187 e. The highest BCUT2D eigenvalue weighted by molar-refractivity contribution is 6.20. The number of rotatable bonds is 1. The van der Waals surface area contributed by atoms with Crippen LogP contribution in [0.2, 0.25) is 0 Å². The minimum absolute atomic E-state index is 0. The number of hydrogen-bond donors (Lipinski definition) is 0. The van der Waals surface area contributed by atoms with Gasteiger partial charge in [0, 0.05) is 5.38 Å². The maximum absolute atomic E-state index is 5.46. The molecule has 0 aromatic carbocycles. The standard InChI is InChI=1S/C4H9Cl.Al.3H/c1-3-4(2)5;;;;/h4H,3H2,1-2H3;;;;. The maximum atomic E-state index is 5.46. The van der Waals surface area contributed by atoms with Crippen molar-refractivity contribution in [2.24, 2.45) is 0 Å². The smallest absolute Gasteiger partial charge is 0.123 e.